The van der Waals surface area contributed by atoms with Crippen LogP contribution in [0.4, 0.5) is 0 Å². The van der Waals surface area contributed by atoms with Crippen LogP contribution in [0.1, 0.15) is 13.3 Å². The van der Waals surface area contributed by atoms with E-state index in [1.165, 1.54) is 5.57 Å². The van der Waals surface area contributed by atoms with Crippen molar-refractivity contribution < 1.29 is 9.84 Å². The summed E-state index contributed by atoms with van der Waals surface area (Å²) < 4.78 is 5.35. The van der Waals surface area contributed by atoms with Crippen molar-refractivity contribution in [2.24, 2.45) is 0 Å². The first-order valence-electron chi connectivity index (χ1n) is 3.29. The highest BCUT2D eigenvalue weighted by Gasteiger charge is 2.38. The van der Waals surface area contributed by atoms with Crippen LogP contribution in [-0.2, 0) is 4.74 Å². The molecule has 50 valence electrons. The SMILES string of the molecule is CC1=C[C@@H]2O[C@H]1C[C@@H]2O. The zero-order valence-corrected chi connectivity index (χ0v) is 5.37. The second-order valence-corrected chi connectivity index (χ2v) is 2.80. The lowest BCUT2D eigenvalue weighted by Gasteiger charge is -2.08. The third kappa shape index (κ3) is 0.635. The Kier molecular flexibility index (Phi) is 0.957. The van der Waals surface area contributed by atoms with Crippen LogP contribution >= 0.6 is 0 Å². The molecular formula is C7H10O2. The van der Waals surface area contributed by atoms with Gasteiger partial charge < -0.3 is 9.84 Å². The molecule has 0 spiro atoms. The van der Waals surface area contributed by atoms with E-state index < -0.39 is 0 Å². The number of fused-ring (bicyclic) bond motifs is 2. The molecule has 2 heterocycles. The molecular weight excluding hydrogens is 116 g/mol. The normalized spacial score (nSPS) is 47.8. The van der Waals surface area contributed by atoms with Gasteiger partial charge in [0.25, 0.3) is 0 Å². The fourth-order valence-corrected chi connectivity index (χ4v) is 1.50. The quantitative estimate of drug-likeness (QED) is 0.478. The zero-order valence-electron chi connectivity index (χ0n) is 5.37. The molecule has 0 aromatic heterocycles. The molecule has 0 aromatic carbocycles. The number of aliphatic hydroxyl groups is 1. The van der Waals surface area contributed by atoms with E-state index in [0.29, 0.717) is 0 Å². The van der Waals surface area contributed by atoms with E-state index in [0.717, 1.165) is 6.42 Å². The molecule has 1 saturated heterocycles. The minimum atomic E-state index is -0.237. The lowest BCUT2D eigenvalue weighted by molar-refractivity contribution is 0.0686. The van der Waals surface area contributed by atoms with Gasteiger partial charge in [-0.15, -0.1) is 0 Å². The van der Waals surface area contributed by atoms with Crippen LogP contribution in [-0.4, -0.2) is 23.4 Å². The Morgan fingerprint density at radius 3 is 2.89 bits per heavy atom. The number of hydrogen-bond acceptors (Lipinski definition) is 2. The third-order valence-electron chi connectivity index (χ3n) is 2.09. The Hall–Kier alpha value is -0.340. The second kappa shape index (κ2) is 1.58. The van der Waals surface area contributed by atoms with E-state index in [4.69, 9.17) is 9.84 Å². The molecule has 2 heteroatoms. The van der Waals surface area contributed by atoms with Gasteiger partial charge in [0, 0.05) is 6.42 Å². The monoisotopic (exact) mass is 126 g/mol. The fourth-order valence-electron chi connectivity index (χ4n) is 1.50. The average molecular weight is 126 g/mol. The Morgan fingerprint density at radius 1 is 1.78 bits per heavy atom. The van der Waals surface area contributed by atoms with Gasteiger partial charge in [0.15, 0.2) is 0 Å². The van der Waals surface area contributed by atoms with Crippen molar-refractivity contribution in [3.05, 3.63) is 11.6 Å². The molecule has 0 aromatic rings. The van der Waals surface area contributed by atoms with Crippen LogP contribution < -0.4 is 0 Å². The summed E-state index contributed by atoms with van der Waals surface area (Å²) >= 11 is 0. The molecule has 0 saturated carbocycles. The summed E-state index contributed by atoms with van der Waals surface area (Å²) in [5, 5.41) is 9.17. The summed E-state index contributed by atoms with van der Waals surface area (Å²) in [7, 11) is 0. The maximum atomic E-state index is 9.17. The Labute approximate surface area is 54.1 Å². The van der Waals surface area contributed by atoms with Crippen molar-refractivity contribution >= 4 is 0 Å². The molecule has 2 nitrogen and oxygen atoms in total. The molecule has 1 N–H and O–H groups in total. The van der Waals surface area contributed by atoms with Crippen LogP contribution in [0.15, 0.2) is 11.6 Å². The largest absolute Gasteiger partial charge is 0.390 e. The summed E-state index contributed by atoms with van der Waals surface area (Å²) in [6.07, 6.45) is 2.81. The standard InChI is InChI=1S/C7H10O2/c1-4-2-7-5(8)3-6(4)9-7/h2,5-8H,3H2,1H3/t5-,6-,7-/m0/s1. The van der Waals surface area contributed by atoms with Crippen LogP contribution in [0.5, 0.6) is 0 Å². The summed E-state index contributed by atoms with van der Waals surface area (Å²) in [6.45, 7) is 2.05. The average Bonchev–Trinajstić information content (AvgIpc) is 2.24. The van der Waals surface area contributed by atoms with Gasteiger partial charge in [0.2, 0.25) is 0 Å². The molecule has 2 aliphatic heterocycles. The molecule has 9 heavy (non-hydrogen) atoms. The van der Waals surface area contributed by atoms with Gasteiger partial charge in [-0.05, 0) is 12.5 Å². The van der Waals surface area contributed by atoms with Crippen molar-refractivity contribution in [1.82, 2.24) is 0 Å². The van der Waals surface area contributed by atoms with E-state index in [-0.39, 0.29) is 18.3 Å². The lowest BCUT2D eigenvalue weighted by atomic mass is 9.99. The third-order valence-corrected chi connectivity index (χ3v) is 2.09. The molecule has 0 amide bonds. The highest BCUT2D eigenvalue weighted by Crippen LogP contribution is 2.33. The molecule has 2 aliphatic rings. The molecule has 0 unspecified atom stereocenters. The summed E-state index contributed by atoms with van der Waals surface area (Å²) in [5.74, 6) is 0. The van der Waals surface area contributed by atoms with Crippen LogP contribution in [0, 0.1) is 0 Å². The lowest BCUT2D eigenvalue weighted by Crippen LogP contribution is -2.18. The summed E-state index contributed by atoms with van der Waals surface area (Å²) in [6, 6.07) is 0. The van der Waals surface area contributed by atoms with Crippen molar-refractivity contribution in [2.45, 2.75) is 31.7 Å². The summed E-state index contributed by atoms with van der Waals surface area (Å²) in [4.78, 5) is 0. The first-order valence-corrected chi connectivity index (χ1v) is 3.29. The van der Waals surface area contributed by atoms with E-state index in [9.17, 15) is 0 Å². The first-order chi connectivity index (χ1) is 4.27. The number of aliphatic hydroxyl groups excluding tert-OH is 1. The van der Waals surface area contributed by atoms with E-state index >= 15 is 0 Å². The van der Waals surface area contributed by atoms with E-state index in [1.54, 1.807) is 0 Å². The number of hydrogen-bond donors (Lipinski definition) is 1. The number of rotatable bonds is 0. The van der Waals surface area contributed by atoms with Crippen molar-refractivity contribution in [2.75, 3.05) is 0 Å². The highest BCUT2D eigenvalue weighted by atomic mass is 16.5. The van der Waals surface area contributed by atoms with E-state index in [2.05, 4.69) is 6.92 Å². The zero-order chi connectivity index (χ0) is 6.43. The van der Waals surface area contributed by atoms with Crippen molar-refractivity contribution in [3.63, 3.8) is 0 Å². The summed E-state index contributed by atoms with van der Waals surface area (Å²) in [5.41, 5.74) is 1.28. The van der Waals surface area contributed by atoms with Gasteiger partial charge in [-0.2, -0.15) is 0 Å². The molecule has 0 radical (unpaired) electrons. The van der Waals surface area contributed by atoms with Crippen LogP contribution in [0.2, 0.25) is 0 Å². The smallest absolute Gasteiger partial charge is 0.103 e. The van der Waals surface area contributed by atoms with Crippen molar-refractivity contribution in [3.8, 4) is 0 Å². The van der Waals surface area contributed by atoms with Gasteiger partial charge >= 0.3 is 0 Å². The van der Waals surface area contributed by atoms with E-state index in [1.807, 2.05) is 6.08 Å². The van der Waals surface area contributed by atoms with Gasteiger partial charge in [0.1, 0.15) is 6.10 Å². The minimum absolute atomic E-state index is 0.00926. The fraction of sp³-hybridized carbons (Fsp3) is 0.714. The topological polar surface area (TPSA) is 29.5 Å². The van der Waals surface area contributed by atoms with Crippen LogP contribution in [0.3, 0.4) is 0 Å². The molecule has 3 atom stereocenters. The Bertz CT molecular complexity index is 162. The predicted octanol–water partition coefficient (Wildman–Crippen LogP) is 0.465. The predicted molar refractivity (Wildman–Crippen MR) is 33.0 cm³/mol. The first kappa shape index (κ1) is 5.45. The van der Waals surface area contributed by atoms with Gasteiger partial charge in [-0.25, -0.2) is 0 Å². The molecule has 1 fully saturated rings. The molecule has 2 rings (SSSR count). The number of ether oxygens (including phenoxy) is 1. The Balaban J connectivity index is 2.25. The minimum Gasteiger partial charge on any atom is -0.390 e. The molecule has 0 aliphatic carbocycles. The molecule has 2 bridgehead atoms. The highest BCUT2D eigenvalue weighted by molar-refractivity contribution is 5.20. The second-order valence-electron chi connectivity index (χ2n) is 2.80. The maximum Gasteiger partial charge on any atom is 0.103 e. The van der Waals surface area contributed by atoms with Crippen LogP contribution in [0.25, 0.3) is 0 Å². The maximum absolute atomic E-state index is 9.17. The van der Waals surface area contributed by atoms with Gasteiger partial charge in [-0.3, -0.25) is 0 Å². The van der Waals surface area contributed by atoms with Crippen molar-refractivity contribution in [1.29, 1.82) is 0 Å². The van der Waals surface area contributed by atoms with Gasteiger partial charge in [0.05, 0.1) is 12.2 Å². The van der Waals surface area contributed by atoms with Gasteiger partial charge in [-0.1, -0.05) is 6.08 Å². The Morgan fingerprint density at radius 2 is 2.56 bits per heavy atom.